The topological polar surface area (TPSA) is 77.8 Å². The average Bonchev–Trinajstić information content (AvgIpc) is 2.68. The Morgan fingerprint density at radius 3 is 2.39 bits per heavy atom. The Kier molecular flexibility index (Phi) is 5.27. The number of anilines is 3. The number of pyridine rings is 1. The Hall–Kier alpha value is -3.86. The molecule has 0 saturated heterocycles. The number of benzene rings is 2. The molecule has 0 unspecified atom stereocenters. The number of alkyl halides is 3. The molecule has 1 heterocycles. The van der Waals surface area contributed by atoms with Gasteiger partial charge in [-0.1, -0.05) is 6.07 Å². The van der Waals surface area contributed by atoms with E-state index in [0.29, 0.717) is 16.9 Å². The lowest BCUT2D eigenvalue weighted by atomic mass is 10.2. The van der Waals surface area contributed by atoms with Crippen molar-refractivity contribution in [3.63, 3.8) is 0 Å². The highest BCUT2D eigenvalue weighted by molar-refractivity contribution is 6.04. The second-order valence-corrected chi connectivity index (χ2v) is 5.81. The van der Waals surface area contributed by atoms with E-state index in [1.54, 1.807) is 24.3 Å². The van der Waals surface area contributed by atoms with Crippen molar-refractivity contribution in [3.05, 3.63) is 83.7 Å². The minimum absolute atomic E-state index is 0.0327. The van der Waals surface area contributed by atoms with Crippen molar-refractivity contribution in [1.29, 1.82) is 5.26 Å². The Morgan fingerprint density at radius 1 is 0.964 bits per heavy atom. The molecule has 0 spiro atoms. The minimum Gasteiger partial charge on any atom is -0.354 e. The molecule has 5 nitrogen and oxygen atoms in total. The van der Waals surface area contributed by atoms with Crippen LogP contribution in [0.2, 0.25) is 0 Å². The van der Waals surface area contributed by atoms with Crippen LogP contribution in [0, 0.1) is 11.3 Å². The standard InChI is InChI=1S/C20H13F3N4O/c21-20(22,23)15-2-1-3-17(9-15)27-19(28)14-8-18(12-25-11-14)26-16-6-4-13(10-24)5-7-16/h1-9,11-12,26H,(H,27,28). The SMILES string of the molecule is N#Cc1ccc(Nc2cncc(C(=O)Nc3cccc(C(F)(F)F)c3)c2)cc1. The van der Waals surface area contributed by atoms with E-state index in [2.05, 4.69) is 15.6 Å². The quantitative estimate of drug-likeness (QED) is 0.668. The van der Waals surface area contributed by atoms with Gasteiger partial charge in [0.15, 0.2) is 0 Å². The lowest BCUT2D eigenvalue weighted by Gasteiger charge is -2.11. The van der Waals surface area contributed by atoms with Gasteiger partial charge >= 0.3 is 6.18 Å². The van der Waals surface area contributed by atoms with Crippen molar-refractivity contribution in [3.8, 4) is 6.07 Å². The van der Waals surface area contributed by atoms with E-state index in [9.17, 15) is 18.0 Å². The van der Waals surface area contributed by atoms with Crippen molar-refractivity contribution < 1.29 is 18.0 Å². The molecule has 0 fully saturated rings. The largest absolute Gasteiger partial charge is 0.416 e. The van der Waals surface area contributed by atoms with Gasteiger partial charge in [0, 0.05) is 17.6 Å². The summed E-state index contributed by atoms with van der Waals surface area (Å²) in [6.45, 7) is 0. The number of aromatic nitrogens is 1. The summed E-state index contributed by atoms with van der Waals surface area (Å²) in [6, 6.07) is 14.6. The van der Waals surface area contributed by atoms with E-state index in [1.165, 1.54) is 30.6 Å². The van der Waals surface area contributed by atoms with Gasteiger partial charge in [-0.05, 0) is 48.5 Å². The molecule has 0 aliphatic heterocycles. The molecule has 3 aromatic rings. The average molecular weight is 382 g/mol. The zero-order valence-corrected chi connectivity index (χ0v) is 14.3. The van der Waals surface area contributed by atoms with Crippen LogP contribution in [0.4, 0.5) is 30.2 Å². The summed E-state index contributed by atoms with van der Waals surface area (Å²) in [5, 5.41) is 14.3. The van der Waals surface area contributed by atoms with E-state index in [-0.39, 0.29) is 11.3 Å². The first-order chi connectivity index (χ1) is 13.3. The van der Waals surface area contributed by atoms with Gasteiger partial charge < -0.3 is 10.6 Å². The molecular weight excluding hydrogens is 369 g/mol. The molecule has 0 saturated carbocycles. The number of amides is 1. The molecular formula is C20H13F3N4O. The van der Waals surface area contributed by atoms with E-state index in [4.69, 9.17) is 5.26 Å². The van der Waals surface area contributed by atoms with Crippen LogP contribution in [0.3, 0.4) is 0 Å². The normalized spacial score (nSPS) is 10.8. The third-order valence-electron chi connectivity index (χ3n) is 3.75. The lowest BCUT2D eigenvalue weighted by molar-refractivity contribution is -0.137. The Balaban J connectivity index is 1.74. The molecule has 0 aliphatic rings. The van der Waals surface area contributed by atoms with Crippen LogP contribution in [0.5, 0.6) is 0 Å². The fourth-order valence-electron chi connectivity index (χ4n) is 2.40. The molecule has 1 amide bonds. The number of carbonyl (C=O) groups excluding carboxylic acids is 1. The maximum atomic E-state index is 12.8. The maximum Gasteiger partial charge on any atom is 0.416 e. The van der Waals surface area contributed by atoms with Crippen LogP contribution in [0.25, 0.3) is 0 Å². The van der Waals surface area contributed by atoms with Gasteiger partial charge in [-0.2, -0.15) is 18.4 Å². The van der Waals surface area contributed by atoms with Crippen molar-refractivity contribution in [2.45, 2.75) is 6.18 Å². The van der Waals surface area contributed by atoms with Gasteiger partial charge in [-0.15, -0.1) is 0 Å². The molecule has 2 aromatic carbocycles. The van der Waals surface area contributed by atoms with Gasteiger partial charge in [-0.25, -0.2) is 0 Å². The second kappa shape index (κ2) is 7.80. The van der Waals surface area contributed by atoms with Crippen LogP contribution in [0.1, 0.15) is 21.5 Å². The maximum absolute atomic E-state index is 12.8. The zero-order valence-electron chi connectivity index (χ0n) is 14.3. The number of hydrogen-bond acceptors (Lipinski definition) is 4. The fourth-order valence-corrected chi connectivity index (χ4v) is 2.40. The molecule has 8 heteroatoms. The third-order valence-corrected chi connectivity index (χ3v) is 3.75. The molecule has 0 bridgehead atoms. The highest BCUT2D eigenvalue weighted by atomic mass is 19.4. The van der Waals surface area contributed by atoms with E-state index >= 15 is 0 Å². The van der Waals surface area contributed by atoms with Crippen LogP contribution in [-0.2, 0) is 6.18 Å². The summed E-state index contributed by atoms with van der Waals surface area (Å²) in [5.74, 6) is -0.588. The number of halogens is 3. The zero-order chi connectivity index (χ0) is 20.1. The number of rotatable bonds is 4. The third kappa shape index (κ3) is 4.65. The Morgan fingerprint density at radius 2 is 1.71 bits per heavy atom. The van der Waals surface area contributed by atoms with Crippen LogP contribution in [-0.4, -0.2) is 10.9 Å². The molecule has 3 rings (SSSR count). The number of nitrogens with zero attached hydrogens (tertiary/aromatic N) is 2. The summed E-state index contributed by atoms with van der Waals surface area (Å²) in [4.78, 5) is 16.3. The summed E-state index contributed by atoms with van der Waals surface area (Å²) in [5.41, 5.74) is 1.08. The number of hydrogen-bond donors (Lipinski definition) is 2. The number of nitriles is 1. The van der Waals surface area contributed by atoms with Gasteiger partial charge in [-0.3, -0.25) is 9.78 Å². The van der Waals surface area contributed by atoms with Crippen molar-refractivity contribution in [2.24, 2.45) is 0 Å². The van der Waals surface area contributed by atoms with E-state index < -0.39 is 17.6 Å². The molecule has 0 radical (unpaired) electrons. The minimum atomic E-state index is -4.49. The lowest BCUT2D eigenvalue weighted by Crippen LogP contribution is -2.13. The van der Waals surface area contributed by atoms with Crippen molar-refractivity contribution >= 4 is 23.0 Å². The number of carbonyl (C=O) groups is 1. The van der Waals surface area contributed by atoms with Crippen molar-refractivity contribution in [2.75, 3.05) is 10.6 Å². The molecule has 1 aromatic heterocycles. The molecule has 0 atom stereocenters. The molecule has 140 valence electrons. The van der Waals surface area contributed by atoms with Crippen LogP contribution in [0.15, 0.2) is 67.0 Å². The second-order valence-electron chi connectivity index (χ2n) is 5.81. The van der Waals surface area contributed by atoms with Crippen LogP contribution >= 0.6 is 0 Å². The summed E-state index contributed by atoms with van der Waals surface area (Å²) in [7, 11) is 0. The molecule has 0 aliphatic carbocycles. The highest BCUT2D eigenvalue weighted by Gasteiger charge is 2.30. The Labute approximate surface area is 158 Å². The first-order valence-corrected chi connectivity index (χ1v) is 8.06. The predicted octanol–water partition coefficient (Wildman–Crippen LogP) is 4.97. The summed E-state index contributed by atoms with van der Waals surface area (Å²) < 4.78 is 38.4. The van der Waals surface area contributed by atoms with E-state index in [0.717, 1.165) is 12.1 Å². The smallest absolute Gasteiger partial charge is 0.354 e. The van der Waals surface area contributed by atoms with Gasteiger partial charge in [0.25, 0.3) is 5.91 Å². The summed E-state index contributed by atoms with van der Waals surface area (Å²) >= 11 is 0. The van der Waals surface area contributed by atoms with Gasteiger partial charge in [0.1, 0.15) is 0 Å². The Bertz CT molecular complexity index is 1040. The molecule has 28 heavy (non-hydrogen) atoms. The first kappa shape index (κ1) is 18.9. The monoisotopic (exact) mass is 382 g/mol. The first-order valence-electron chi connectivity index (χ1n) is 8.06. The predicted molar refractivity (Wildman–Crippen MR) is 98.1 cm³/mol. The number of nitrogens with one attached hydrogen (secondary N) is 2. The molecule has 2 N–H and O–H groups in total. The highest BCUT2D eigenvalue weighted by Crippen LogP contribution is 2.30. The fraction of sp³-hybridized carbons (Fsp3) is 0.0500. The van der Waals surface area contributed by atoms with Crippen molar-refractivity contribution in [1.82, 2.24) is 4.98 Å². The van der Waals surface area contributed by atoms with E-state index in [1.807, 2.05) is 6.07 Å². The van der Waals surface area contributed by atoms with Crippen LogP contribution < -0.4 is 10.6 Å². The van der Waals surface area contributed by atoms with Gasteiger partial charge in [0.05, 0.1) is 34.6 Å². The van der Waals surface area contributed by atoms with Gasteiger partial charge in [0.2, 0.25) is 0 Å². The summed E-state index contributed by atoms with van der Waals surface area (Å²) in [6.07, 6.45) is -1.68.